The van der Waals surface area contributed by atoms with Gasteiger partial charge in [0.2, 0.25) is 5.96 Å². The van der Waals surface area contributed by atoms with Crippen LogP contribution in [-0.4, -0.2) is 40.0 Å². The van der Waals surface area contributed by atoms with Crippen LogP contribution in [0.5, 0.6) is 5.75 Å². The predicted octanol–water partition coefficient (Wildman–Crippen LogP) is 4.24. The van der Waals surface area contributed by atoms with E-state index in [9.17, 15) is 4.79 Å². The summed E-state index contributed by atoms with van der Waals surface area (Å²) in [6.45, 7) is 5.24. The zero-order valence-electron chi connectivity index (χ0n) is 19.8. The Bertz CT molecular complexity index is 1270. The smallest absolute Gasteiger partial charge is 0.277 e. The molecule has 2 heterocycles. The quantitative estimate of drug-likeness (QED) is 0.541. The molecule has 2 fully saturated rings. The van der Waals surface area contributed by atoms with E-state index in [-0.39, 0.29) is 5.91 Å². The molecule has 2 aromatic carbocycles. The van der Waals surface area contributed by atoms with Crippen LogP contribution in [0.25, 0.3) is 11.8 Å². The lowest BCUT2D eigenvalue weighted by Gasteiger charge is -2.15. The molecule has 0 atom stereocenters. The number of guanidine groups is 1. The Morgan fingerprint density at radius 3 is 2.65 bits per heavy atom. The molecule has 1 aliphatic heterocycles. The molecule has 1 N–H and O–H groups in total. The predicted molar refractivity (Wildman–Crippen MR) is 133 cm³/mol. The first-order valence-corrected chi connectivity index (χ1v) is 11.6. The Morgan fingerprint density at radius 2 is 1.97 bits per heavy atom. The topological polar surface area (TPSA) is 71.8 Å². The second kappa shape index (κ2) is 9.17. The van der Waals surface area contributed by atoms with E-state index in [2.05, 4.69) is 41.5 Å². The molecule has 1 amide bonds. The summed E-state index contributed by atoms with van der Waals surface area (Å²) >= 11 is 0. The molecule has 0 spiro atoms. The number of ether oxygens (including phenoxy) is 1. The van der Waals surface area contributed by atoms with E-state index >= 15 is 0 Å². The average molecular weight is 456 g/mol. The lowest BCUT2D eigenvalue weighted by molar-refractivity contribution is -0.122. The lowest BCUT2D eigenvalue weighted by Crippen LogP contribution is -2.32. The number of aromatic nitrogens is 2. The van der Waals surface area contributed by atoms with Gasteiger partial charge in [-0.15, -0.1) is 0 Å². The van der Waals surface area contributed by atoms with E-state index in [1.807, 2.05) is 42.0 Å². The van der Waals surface area contributed by atoms with Crippen molar-refractivity contribution < 1.29 is 9.53 Å². The second-order valence-electron chi connectivity index (χ2n) is 9.02. The summed E-state index contributed by atoms with van der Waals surface area (Å²) in [5.74, 6) is 1.89. The molecule has 7 nitrogen and oxygen atoms in total. The van der Waals surface area contributed by atoms with Crippen LogP contribution in [0.3, 0.4) is 0 Å². The normalized spacial score (nSPS) is 18.1. The Morgan fingerprint density at radius 1 is 1.18 bits per heavy atom. The monoisotopic (exact) mass is 455 g/mol. The minimum Gasteiger partial charge on any atom is -0.495 e. The van der Waals surface area contributed by atoms with E-state index in [4.69, 9.17) is 9.73 Å². The Balaban J connectivity index is 1.43. The van der Waals surface area contributed by atoms with E-state index < -0.39 is 0 Å². The number of hydrogen-bond acceptors (Lipinski definition) is 4. The summed E-state index contributed by atoms with van der Waals surface area (Å²) < 4.78 is 7.55. The van der Waals surface area contributed by atoms with Crippen molar-refractivity contribution in [1.82, 2.24) is 19.8 Å². The molecule has 1 saturated heterocycles. The van der Waals surface area contributed by atoms with Crippen LogP contribution in [0, 0.1) is 19.8 Å². The molecule has 1 aromatic heterocycles. The minimum absolute atomic E-state index is 0.0802. The van der Waals surface area contributed by atoms with Crippen molar-refractivity contribution in [3.05, 3.63) is 83.1 Å². The van der Waals surface area contributed by atoms with E-state index in [1.165, 1.54) is 18.4 Å². The number of amides is 1. The van der Waals surface area contributed by atoms with Crippen LogP contribution >= 0.6 is 0 Å². The third-order valence-electron chi connectivity index (χ3n) is 6.14. The summed E-state index contributed by atoms with van der Waals surface area (Å²) in [5.41, 5.74) is 5.47. The first-order valence-electron chi connectivity index (χ1n) is 11.6. The highest BCUT2D eigenvalue weighted by Crippen LogP contribution is 2.30. The highest BCUT2D eigenvalue weighted by molar-refractivity contribution is 6.15. The Hall–Kier alpha value is -3.87. The van der Waals surface area contributed by atoms with Crippen LogP contribution < -0.4 is 10.1 Å². The number of carbonyl (C=O) groups is 1. The Labute approximate surface area is 199 Å². The highest BCUT2D eigenvalue weighted by Gasteiger charge is 2.32. The van der Waals surface area contributed by atoms with Gasteiger partial charge < -0.3 is 14.6 Å². The standard InChI is InChI=1S/C27H29N5O2/c1-18-4-6-21(7-5-18)16-32-26(33)23(30-27(32)28-14-20-8-9-20)12-22-10-11-24(25(13-22)34-3)31-15-19(2)29-17-31/h4-7,10-13,15,17,20H,8-9,14,16H2,1-3H3,(H,28,30)/b23-12-. The highest BCUT2D eigenvalue weighted by atomic mass is 16.5. The molecule has 7 heteroatoms. The number of nitrogens with one attached hydrogen (secondary N) is 1. The number of rotatable bonds is 7. The SMILES string of the molecule is COc1cc(/C=C2\NC(=NCC3CC3)N(Cc3ccc(C)cc3)C2=O)ccc1-n1cnc(C)c1. The number of methoxy groups -OCH3 is 1. The van der Waals surface area contributed by atoms with Gasteiger partial charge in [-0.3, -0.25) is 14.7 Å². The summed E-state index contributed by atoms with van der Waals surface area (Å²) in [7, 11) is 1.64. The van der Waals surface area contributed by atoms with Gasteiger partial charge in [0.25, 0.3) is 5.91 Å². The largest absolute Gasteiger partial charge is 0.495 e. The zero-order valence-corrected chi connectivity index (χ0v) is 19.8. The molecule has 0 bridgehead atoms. The van der Waals surface area contributed by atoms with Gasteiger partial charge in [-0.1, -0.05) is 35.9 Å². The number of carbonyl (C=O) groups excluding carboxylic acids is 1. The summed E-state index contributed by atoms with van der Waals surface area (Å²) in [5, 5.41) is 3.27. The van der Waals surface area contributed by atoms with Crippen molar-refractivity contribution in [2.75, 3.05) is 13.7 Å². The van der Waals surface area contributed by atoms with Gasteiger partial charge >= 0.3 is 0 Å². The summed E-state index contributed by atoms with van der Waals surface area (Å²) in [6.07, 6.45) is 8.00. The van der Waals surface area contributed by atoms with Crippen molar-refractivity contribution in [2.45, 2.75) is 33.2 Å². The number of aliphatic imine (C=N–C) groups is 1. The molecule has 3 aromatic rings. The molecule has 5 rings (SSSR count). The lowest BCUT2D eigenvalue weighted by atomic mass is 10.1. The van der Waals surface area contributed by atoms with Gasteiger partial charge in [-0.25, -0.2) is 4.98 Å². The molecule has 34 heavy (non-hydrogen) atoms. The fraction of sp³-hybridized carbons (Fsp3) is 0.296. The van der Waals surface area contributed by atoms with Crippen LogP contribution in [0.15, 0.2) is 65.7 Å². The van der Waals surface area contributed by atoms with Crippen LogP contribution in [-0.2, 0) is 11.3 Å². The van der Waals surface area contributed by atoms with Crippen molar-refractivity contribution in [1.29, 1.82) is 0 Å². The van der Waals surface area contributed by atoms with Gasteiger partial charge in [0.1, 0.15) is 11.4 Å². The number of aryl methyl sites for hydroxylation is 2. The molecule has 0 radical (unpaired) electrons. The van der Waals surface area contributed by atoms with Crippen molar-refractivity contribution in [3.8, 4) is 11.4 Å². The van der Waals surface area contributed by atoms with Crippen molar-refractivity contribution in [3.63, 3.8) is 0 Å². The minimum atomic E-state index is -0.0802. The number of benzene rings is 2. The van der Waals surface area contributed by atoms with E-state index in [0.29, 0.717) is 29.9 Å². The first kappa shape index (κ1) is 21.9. The number of nitrogens with zero attached hydrogens (tertiary/aromatic N) is 4. The molecular formula is C27H29N5O2. The van der Waals surface area contributed by atoms with Crippen LogP contribution in [0.1, 0.15) is 35.2 Å². The second-order valence-corrected chi connectivity index (χ2v) is 9.02. The van der Waals surface area contributed by atoms with E-state index in [0.717, 1.165) is 29.1 Å². The number of imidazole rings is 1. The third-order valence-corrected chi connectivity index (χ3v) is 6.14. The van der Waals surface area contributed by atoms with Gasteiger partial charge in [0.05, 0.1) is 31.4 Å². The molecule has 1 aliphatic carbocycles. The summed E-state index contributed by atoms with van der Waals surface area (Å²) in [4.78, 5) is 24.1. The molecule has 2 aliphatic rings. The maximum Gasteiger partial charge on any atom is 0.277 e. The molecule has 0 unspecified atom stereocenters. The van der Waals surface area contributed by atoms with Gasteiger partial charge in [0.15, 0.2) is 0 Å². The van der Waals surface area contributed by atoms with Crippen molar-refractivity contribution >= 4 is 17.9 Å². The first-order chi connectivity index (χ1) is 16.5. The van der Waals surface area contributed by atoms with Crippen LogP contribution in [0.4, 0.5) is 0 Å². The average Bonchev–Trinajstić information content (AvgIpc) is 3.51. The molecule has 174 valence electrons. The van der Waals surface area contributed by atoms with Crippen molar-refractivity contribution in [2.24, 2.45) is 10.9 Å². The third kappa shape index (κ3) is 4.73. The van der Waals surface area contributed by atoms with Gasteiger partial charge in [0, 0.05) is 12.7 Å². The van der Waals surface area contributed by atoms with Gasteiger partial charge in [-0.2, -0.15) is 0 Å². The maximum absolute atomic E-state index is 13.4. The summed E-state index contributed by atoms with van der Waals surface area (Å²) in [6, 6.07) is 14.1. The fourth-order valence-corrected chi connectivity index (χ4v) is 3.96. The van der Waals surface area contributed by atoms with E-state index in [1.54, 1.807) is 18.3 Å². The number of hydrogen-bond donors (Lipinski definition) is 1. The maximum atomic E-state index is 13.4. The van der Waals surface area contributed by atoms with Crippen LogP contribution in [0.2, 0.25) is 0 Å². The molecule has 1 saturated carbocycles. The zero-order chi connectivity index (χ0) is 23.7. The van der Waals surface area contributed by atoms with Gasteiger partial charge in [-0.05, 0) is 61.9 Å². The molecular weight excluding hydrogens is 426 g/mol. The Kier molecular flexibility index (Phi) is 5.92. The fourth-order valence-electron chi connectivity index (χ4n) is 3.96.